The number of allylic oxidation sites excluding steroid dienone is 1. The summed E-state index contributed by atoms with van der Waals surface area (Å²) in [4.78, 5) is 35.1. The van der Waals surface area contributed by atoms with Crippen LogP contribution in [0, 0.1) is 11.8 Å². The second kappa shape index (κ2) is 18.3. The van der Waals surface area contributed by atoms with E-state index in [0.717, 1.165) is 38.9 Å². The van der Waals surface area contributed by atoms with Crippen LogP contribution in [0.15, 0.2) is 58.9 Å². The zero-order valence-electron chi connectivity index (χ0n) is 37.1. The number of fused-ring (bicyclic) bond motifs is 5. The van der Waals surface area contributed by atoms with Gasteiger partial charge in [0.05, 0.1) is 44.5 Å². The summed E-state index contributed by atoms with van der Waals surface area (Å²) in [6.45, 7) is 8.27. The molecule has 18 heteroatoms. The van der Waals surface area contributed by atoms with Crippen LogP contribution in [0.3, 0.4) is 0 Å². The topological polar surface area (TPSA) is 149 Å². The van der Waals surface area contributed by atoms with Crippen molar-refractivity contribution in [3.8, 4) is 11.6 Å². The second-order valence-electron chi connectivity index (χ2n) is 18.5. The number of nitrogens with zero attached hydrogens (tertiary/aromatic N) is 6. The average Bonchev–Trinajstić information content (AvgIpc) is 3.88. The number of benzene rings is 2. The highest BCUT2D eigenvalue weighted by Crippen LogP contribution is 2.47. The molecular formula is C46H59ClFN7O8S. The Morgan fingerprint density at radius 3 is 2.83 bits per heavy atom. The SMILES string of the molecule is COc1nn(C)cc1C(=O)N=S1(=O)C[C@@H](C)C/C=C(\F)[C@@](CN2CCN3CCOC[C@@H]3C2)(OC)[C@@H]2OCC[C@H]2CN2C[C@@]3(CCCc4cc(Cl)ccc43)COc3ccc(cc32)C(=O)N1. The maximum absolute atomic E-state index is 17.8. The van der Waals surface area contributed by atoms with E-state index in [-0.39, 0.29) is 47.7 Å². The lowest BCUT2D eigenvalue weighted by Gasteiger charge is -2.48. The zero-order valence-corrected chi connectivity index (χ0v) is 38.6. The van der Waals surface area contributed by atoms with Gasteiger partial charge >= 0.3 is 0 Å². The fourth-order valence-electron chi connectivity index (χ4n) is 10.9. The first-order valence-corrected chi connectivity index (χ1v) is 24.4. The summed E-state index contributed by atoms with van der Waals surface area (Å²) < 4.78 is 72.1. The molecule has 3 saturated heterocycles. The van der Waals surface area contributed by atoms with E-state index in [2.05, 4.69) is 34.9 Å². The molecule has 0 saturated carbocycles. The molecule has 5 aliphatic heterocycles. The summed E-state index contributed by atoms with van der Waals surface area (Å²) in [6, 6.07) is 11.5. The van der Waals surface area contributed by atoms with E-state index in [1.54, 1.807) is 39.3 Å². The quantitative estimate of drug-likeness (QED) is 0.359. The van der Waals surface area contributed by atoms with Gasteiger partial charge in [0.15, 0.2) is 5.60 Å². The van der Waals surface area contributed by atoms with Crippen molar-refractivity contribution in [3.05, 3.63) is 81.8 Å². The number of hydrogen-bond donors (Lipinski definition) is 1. The van der Waals surface area contributed by atoms with E-state index in [9.17, 15) is 9.59 Å². The minimum absolute atomic E-state index is 0.00454. The van der Waals surface area contributed by atoms with E-state index in [1.165, 1.54) is 35.2 Å². The maximum Gasteiger partial charge on any atom is 0.293 e. The molecule has 1 spiro atoms. The van der Waals surface area contributed by atoms with Gasteiger partial charge in [0.25, 0.3) is 11.8 Å². The minimum Gasteiger partial charge on any atom is -0.490 e. The molecule has 2 amide bonds. The predicted molar refractivity (Wildman–Crippen MR) is 240 cm³/mol. The van der Waals surface area contributed by atoms with Gasteiger partial charge in [-0.1, -0.05) is 24.6 Å². The number of carbonyl (C=O) groups excluding carboxylic acids is 2. The van der Waals surface area contributed by atoms with Crippen LogP contribution in [-0.4, -0.2) is 146 Å². The summed E-state index contributed by atoms with van der Waals surface area (Å²) in [5.74, 6) is -2.40. The molecule has 1 aromatic heterocycles. The average molecular weight is 925 g/mol. The maximum atomic E-state index is 17.8. The van der Waals surface area contributed by atoms with Crippen molar-refractivity contribution in [1.82, 2.24) is 24.3 Å². The van der Waals surface area contributed by atoms with Gasteiger partial charge in [0.1, 0.15) is 27.1 Å². The predicted octanol–water partition coefficient (Wildman–Crippen LogP) is 5.21. The van der Waals surface area contributed by atoms with E-state index in [0.29, 0.717) is 68.9 Å². The standard InChI is InChI=1S/C46H59ClFN7O8S/c1-30-7-12-40(48)46(60-4,28-53-15-16-54-17-19-61-25-35(54)23-53)41-33(13-18-62-41)22-55-27-45(14-5-6-31-20-34(47)9-10-37(31)45)29-63-39-11-8-32(21-38(39)55)42(56)50-64(58,26-30)51-43(57)36-24-52(2)49-44(36)59-3/h8-12,20-21,24,30,33,35,41H,5-7,13-19,22-23,25-29H2,1-4H3,(H,50,51,56,57,58)/b40-12-/t30-,33-,35-,41+,45-,46+,64?/m0/s1. The lowest BCUT2D eigenvalue weighted by atomic mass is 9.70. The van der Waals surface area contributed by atoms with Crippen molar-refractivity contribution in [2.75, 3.05) is 97.1 Å². The molecule has 1 N–H and O–H groups in total. The van der Waals surface area contributed by atoms with Crippen LogP contribution in [0.1, 0.15) is 64.4 Å². The van der Waals surface area contributed by atoms with Gasteiger partial charge in [0, 0.05) is 101 Å². The Labute approximate surface area is 379 Å². The molecule has 6 aliphatic rings. The summed E-state index contributed by atoms with van der Waals surface area (Å²) in [5.41, 5.74) is 1.31. The van der Waals surface area contributed by atoms with Gasteiger partial charge in [0.2, 0.25) is 5.88 Å². The number of aryl methyl sites for hydroxylation is 2. The third-order valence-corrected chi connectivity index (χ3v) is 16.3. The molecule has 0 radical (unpaired) electrons. The van der Waals surface area contributed by atoms with Gasteiger partial charge in [-0.3, -0.25) is 28.8 Å². The Morgan fingerprint density at radius 2 is 2.00 bits per heavy atom. The van der Waals surface area contributed by atoms with Crippen molar-refractivity contribution >= 4 is 39.0 Å². The Morgan fingerprint density at radius 1 is 1.14 bits per heavy atom. The molecule has 2 aromatic carbocycles. The third-order valence-electron chi connectivity index (χ3n) is 14.1. The number of methoxy groups -OCH3 is 2. The molecular weight excluding hydrogens is 865 g/mol. The van der Waals surface area contributed by atoms with E-state index in [4.69, 9.17) is 35.3 Å². The number of nitrogens with one attached hydrogen (secondary N) is 1. The smallest absolute Gasteiger partial charge is 0.293 e. The lowest BCUT2D eigenvalue weighted by Crippen LogP contribution is -2.63. The van der Waals surface area contributed by atoms with Gasteiger partial charge in [-0.25, -0.2) is 8.60 Å². The number of aromatic nitrogens is 2. The molecule has 2 bridgehead atoms. The Hall–Kier alpha value is -4.10. The number of rotatable bonds is 5. The Balaban J connectivity index is 1.16. The van der Waals surface area contributed by atoms with Crippen molar-refractivity contribution < 1.29 is 41.9 Å². The van der Waals surface area contributed by atoms with Crippen molar-refractivity contribution in [2.24, 2.45) is 23.2 Å². The van der Waals surface area contributed by atoms with Gasteiger partial charge in [-0.05, 0) is 85.6 Å². The molecule has 1 unspecified atom stereocenters. The van der Waals surface area contributed by atoms with E-state index >= 15 is 8.60 Å². The van der Waals surface area contributed by atoms with Crippen molar-refractivity contribution in [1.29, 1.82) is 0 Å². The van der Waals surface area contributed by atoms with E-state index < -0.39 is 50.6 Å². The van der Waals surface area contributed by atoms with Crippen LogP contribution in [0.4, 0.5) is 10.1 Å². The summed E-state index contributed by atoms with van der Waals surface area (Å²) >= 11 is 6.55. The summed E-state index contributed by atoms with van der Waals surface area (Å²) in [7, 11) is 0.720. The van der Waals surface area contributed by atoms with Crippen LogP contribution >= 0.6 is 11.6 Å². The fraction of sp³-hybridized carbons (Fsp3) is 0.587. The molecule has 9 rings (SSSR count). The number of carbonyl (C=O) groups is 2. The van der Waals surface area contributed by atoms with E-state index in [1.807, 2.05) is 12.1 Å². The molecule has 64 heavy (non-hydrogen) atoms. The van der Waals surface area contributed by atoms with Crippen LogP contribution < -0.4 is 19.1 Å². The van der Waals surface area contributed by atoms with Crippen LogP contribution in [0.25, 0.3) is 0 Å². The highest BCUT2D eigenvalue weighted by atomic mass is 35.5. The van der Waals surface area contributed by atoms with Crippen molar-refractivity contribution in [2.45, 2.75) is 62.2 Å². The first-order chi connectivity index (χ1) is 30.8. The molecule has 3 aromatic rings. The molecule has 3 fully saturated rings. The number of halogens is 2. The Bertz CT molecular complexity index is 2430. The number of piperazine rings is 1. The summed E-state index contributed by atoms with van der Waals surface area (Å²) in [5, 5.41) is 4.84. The fourth-order valence-corrected chi connectivity index (χ4v) is 13.0. The molecule has 1 aliphatic carbocycles. The van der Waals surface area contributed by atoms with Gasteiger partial charge in [-0.2, -0.15) is 0 Å². The highest BCUT2D eigenvalue weighted by molar-refractivity contribution is 7.92. The summed E-state index contributed by atoms with van der Waals surface area (Å²) in [6.07, 6.45) is 5.71. The van der Waals surface area contributed by atoms with Gasteiger partial charge < -0.3 is 28.6 Å². The second-order valence-corrected chi connectivity index (χ2v) is 20.9. The van der Waals surface area contributed by atoms with Gasteiger partial charge in [-0.15, -0.1) is 9.46 Å². The number of amides is 2. The normalized spacial score (nSPS) is 32.2. The molecule has 346 valence electrons. The first-order valence-electron chi connectivity index (χ1n) is 22.4. The molecule has 15 nitrogen and oxygen atoms in total. The highest BCUT2D eigenvalue weighted by Gasteiger charge is 2.53. The number of anilines is 1. The van der Waals surface area contributed by atoms with Crippen LogP contribution in [0.5, 0.6) is 11.6 Å². The number of hydrogen-bond acceptors (Lipinski definition) is 12. The molecule has 6 heterocycles. The minimum atomic E-state index is -3.83. The van der Waals surface area contributed by atoms with Crippen LogP contribution in [-0.2, 0) is 43.0 Å². The third kappa shape index (κ3) is 8.81. The number of morpholine rings is 1. The zero-order chi connectivity index (χ0) is 44.8. The monoisotopic (exact) mass is 923 g/mol. The van der Waals surface area contributed by atoms with Crippen LogP contribution in [0.2, 0.25) is 5.02 Å². The molecule has 7 atom stereocenters. The largest absolute Gasteiger partial charge is 0.490 e. The van der Waals surface area contributed by atoms with Crippen molar-refractivity contribution in [3.63, 3.8) is 0 Å². The first kappa shape index (κ1) is 45.1. The Kier molecular flexibility index (Phi) is 12.9. The number of ether oxygens (including phenoxy) is 5. The lowest BCUT2D eigenvalue weighted by molar-refractivity contribution is -0.132.